The van der Waals surface area contributed by atoms with Gasteiger partial charge in [0.2, 0.25) is 0 Å². The van der Waals surface area contributed by atoms with Crippen molar-refractivity contribution >= 4 is 11.6 Å². The average molecular weight is 303 g/mol. The van der Waals surface area contributed by atoms with Crippen LogP contribution in [0.4, 0.5) is 0 Å². The zero-order valence-corrected chi connectivity index (χ0v) is 13.5. The van der Waals surface area contributed by atoms with E-state index in [-0.39, 0.29) is 28.6 Å². The third kappa shape index (κ3) is 3.52. The summed E-state index contributed by atoms with van der Waals surface area (Å²) in [6.07, 6.45) is 0. The fourth-order valence-electron chi connectivity index (χ4n) is 2.14. The highest BCUT2D eigenvalue weighted by Gasteiger charge is 2.23. The quantitative estimate of drug-likeness (QED) is 0.821. The number of ether oxygens (including phenoxy) is 1. The lowest BCUT2D eigenvalue weighted by atomic mass is 10.0. The summed E-state index contributed by atoms with van der Waals surface area (Å²) < 4.78 is 6.64. The summed E-state index contributed by atoms with van der Waals surface area (Å²) in [5.41, 5.74) is -0.372. The van der Waals surface area contributed by atoms with Gasteiger partial charge in [-0.15, -0.1) is 0 Å². The molecular weight excluding hydrogens is 280 g/mol. The van der Waals surface area contributed by atoms with Crippen LogP contribution < -0.4 is 11.2 Å². The summed E-state index contributed by atoms with van der Waals surface area (Å²) >= 11 is 5.99. The molecule has 1 heterocycles. The van der Waals surface area contributed by atoms with E-state index in [0.29, 0.717) is 18.8 Å². The normalized spacial score (nSPS) is 13.2. The molecule has 0 aliphatic carbocycles. The second kappa shape index (κ2) is 7.09. The van der Waals surface area contributed by atoms with Gasteiger partial charge in [0.05, 0.1) is 18.2 Å². The molecule has 1 aromatic rings. The van der Waals surface area contributed by atoms with Crippen molar-refractivity contribution in [1.29, 1.82) is 0 Å². The van der Waals surface area contributed by atoms with Crippen LogP contribution in [-0.2, 0) is 4.74 Å². The lowest BCUT2D eigenvalue weighted by molar-refractivity contribution is 0.0930. The van der Waals surface area contributed by atoms with E-state index in [9.17, 15) is 9.59 Å². The van der Waals surface area contributed by atoms with E-state index in [0.717, 1.165) is 0 Å². The van der Waals surface area contributed by atoms with Crippen molar-refractivity contribution in [2.24, 2.45) is 5.92 Å². The largest absolute Gasteiger partial charge is 0.380 e. The maximum absolute atomic E-state index is 12.6. The molecule has 1 atom stereocenters. The smallest absolute Gasteiger partial charge is 0.329 e. The number of H-pyrrole nitrogens is 1. The van der Waals surface area contributed by atoms with Crippen LogP contribution in [0.25, 0.3) is 0 Å². The van der Waals surface area contributed by atoms with Crippen molar-refractivity contribution in [2.75, 3.05) is 13.2 Å². The minimum Gasteiger partial charge on any atom is -0.380 e. The Morgan fingerprint density at radius 3 is 2.30 bits per heavy atom. The summed E-state index contributed by atoms with van der Waals surface area (Å²) in [6, 6.07) is -0.305. The van der Waals surface area contributed by atoms with Gasteiger partial charge < -0.3 is 4.74 Å². The van der Waals surface area contributed by atoms with E-state index < -0.39 is 5.69 Å². The Balaban J connectivity index is 3.46. The number of hydrogen-bond donors (Lipinski definition) is 1. The minimum absolute atomic E-state index is 0.0574. The average Bonchev–Trinajstić information content (AvgIpc) is 2.31. The molecule has 114 valence electrons. The van der Waals surface area contributed by atoms with Gasteiger partial charge in [-0.05, 0) is 18.8 Å². The second-order valence-corrected chi connectivity index (χ2v) is 5.84. The minimum atomic E-state index is -0.484. The molecule has 0 aliphatic rings. The number of aromatic nitrogens is 2. The number of aromatic amines is 1. The van der Waals surface area contributed by atoms with E-state index in [2.05, 4.69) is 4.98 Å². The highest BCUT2D eigenvalue weighted by Crippen LogP contribution is 2.19. The van der Waals surface area contributed by atoms with Gasteiger partial charge in [-0.1, -0.05) is 39.3 Å². The van der Waals surface area contributed by atoms with Gasteiger partial charge in [-0.3, -0.25) is 14.3 Å². The first kappa shape index (κ1) is 17.0. The van der Waals surface area contributed by atoms with Crippen molar-refractivity contribution in [1.82, 2.24) is 9.55 Å². The summed E-state index contributed by atoms with van der Waals surface area (Å²) in [4.78, 5) is 27.2. The van der Waals surface area contributed by atoms with Gasteiger partial charge >= 0.3 is 5.69 Å². The molecule has 1 rings (SSSR count). The van der Waals surface area contributed by atoms with Gasteiger partial charge in [0, 0.05) is 6.61 Å². The molecule has 0 aromatic carbocycles. The number of hydrogen-bond acceptors (Lipinski definition) is 3. The molecule has 1 aromatic heterocycles. The first-order valence-corrected chi connectivity index (χ1v) is 7.30. The van der Waals surface area contributed by atoms with E-state index >= 15 is 0 Å². The zero-order valence-electron chi connectivity index (χ0n) is 12.7. The molecule has 1 N–H and O–H groups in total. The van der Waals surface area contributed by atoms with Crippen LogP contribution in [0.1, 0.15) is 52.1 Å². The molecule has 0 amide bonds. The Morgan fingerprint density at radius 2 is 1.85 bits per heavy atom. The highest BCUT2D eigenvalue weighted by molar-refractivity contribution is 6.30. The Bertz CT molecular complexity index is 561. The molecule has 0 radical (unpaired) electrons. The molecule has 0 fully saturated rings. The third-order valence-electron chi connectivity index (χ3n) is 3.29. The van der Waals surface area contributed by atoms with E-state index in [1.165, 1.54) is 4.57 Å². The van der Waals surface area contributed by atoms with Crippen LogP contribution in [0.5, 0.6) is 0 Å². The molecule has 0 aliphatic heterocycles. The molecule has 0 bridgehead atoms. The van der Waals surface area contributed by atoms with Crippen LogP contribution in [0.3, 0.4) is 0 Å². The molecule has 6 heteroatoms. The van der Waals surface area contributed by atoms with Crippen molar-refractivity contribution in [3.8, 4) is 0 Å². The first-order valence-electron chi connectivity index (χ1n) is 6.93. The van der Waals surface area contributed by atoms with Crippen LogP contribution in [0.2, 0.25) is 5.15 Å². The van der Waals surface area contributed by atoms with Crippen LogP contribution in [-0.4, -0.2) is 22.8 Å². The molecule has 0 spiro atoms. The van der Waals surface area contributed by atoms with Crippen LogP contribution in [0, 0.1) is 5.92 Å². The molecular formula is C14H23ClN2O3. The fourth-order valence-corrected chi connectivity index (χ4v) is 2.52. The monoisotopic (exact) mass is 302 g/mol. The Hall–Kier alpha value is -1.07. The van der Waals surface area contributed by atoms with Gasteiger partial charge in [-0.25, -0.2) is 4.79 Å². The molecule has 0 saturated heterocycles. The molecule has 0 saturated carbocycles. The standard InChI is InChI=1S/C14H23ClN2O3/c1-6-20-7-10(8(2)3)17-13(18)11(9(4)5)12(15)16-14(17)19/h8-10H,6-7H2,1-5H3,(H,16,19). The number of rotatable bonds is 6. The van der Waals surface area contributed by atoms with Gasteiger partial charge in [-0.2, -0.15) is 0 Å². The zero-order chi connectivity index (χ0) is 15.4. The van der Waals surface area contributed by atoms with E-state index in [4.69, 9.17) is 16.3 Å². The molecule has 20 heavy (non-hydrogen) atoms. The first-order chi connectivity index (χ1) is 9.31. The topological polar surface area (TPSA) is 64.1 Å². The molecule has 1 unspecified atom stereocenters. The van der Waals surface area contributed by atoms with Crippen molar-refractivity contribution < 1.29 is 4.74 Å². The van der Waals surface area contributed by atoms with E-state index in [1.54, 1.807) is 0 Å². The van der Waals surface area contributed by atoms with Crippen LogP contribution in [0.15, 0.2) is 9.59 Å². The SMILES string of the molecule is CCOCC(C(C)C)n1c(=O)[nH]c(Cl)c(C(C)C)c1=O. The maximum Gasteiger partial charge on any atom is 0.329 e. The number of halogens is 1. The Morgan fingerprint density at radius 1 is 1.25 bits per heavy atom. The van der Waals surface area contributed by atoms with E-state index in [1.807, 2.05) is 34.6 Å². The van der Waals surface area contributed by atoms with Gasteiger partial charge in [0.25, 0.3) is 5.56 Å². The van der Waals surface area contributed by atoms with Crippen LogP contribution >= 0.6 is 11.6 Å². The number of nitrogens with zero attached hydrogens (tertiary/aromatic N) is 1. The Labute approximate surface area is 123 Å². The van der Waals surface area contributed by atoms with Crippen molar-refractivity contribution in [2.45, 2.75) is 46.6 Å². The Kier molecular flexibility index (Phi) is 6.02. The summed E-state index contributed by atoms with van der Waals surface area (Å²) in [5.74, 6) is 0.0412. The predicted molar refractivity (Wildman–Crippen MR) is 80.8 cm³/mol. The second-order valence-electron chi connectivity index (χ2n) is 5.46. The summed E-state index contributed by atoms with van der Waals surface area (Å²) in [6.45, 7) is 10.4. The maximum atomic E-state index is 12.6. The molecule has 5 nitrogen and oxygen atoms in total. The predicted octanol–water partition coefficient (Wildman–Crippen LogP) is 2.55. The highest BCUT2D eigenvalue weighted by atomic mass is 35.5. The summed E-state index contributed by atoms with van der Waals surface area (Å²) in [5, 5.41) is 0.130. The van der Waals surface area contributed by atoms with Gasteiger partial charge in [0.15, 0.2) is 0 Å². The number of nitrogens with one attached hydrogen (secondary N) is 1. The van der Waals surface area contributed by atoms with Crippen molar-refractivity contribution in [3.63, 3.8) is 0 Å². The third-order valence-corrected chi connectivity index (χ3v) is 3.59. The summed E-state index contributed by atoms with van der Waals surface area (Å²) in [7, 11) is 0. The van der Waals surface area contributed by atoms with Crippen molar-refractivity contribution in [3.05, 3.63) is 31.6 Å². The lowest BCUT2D eigenvalue weighted by Gasteiger charge is -2.23. The lowest BCUT2D eigenvalue weighted by Crippen LogP contribution is -2.43. The fraction of sp³-hybridized carbons (Fsp3) is 0.714. The van der Waals surface area contributed by atoms with Gasteiger partial charge in [0.1, 0.15) is 5.15 Å².